The molecule has 7 nitrogen and oxygen atoms in total. The largest absolute Gasteiger partial charge is 0.273 e. The van der Waals surface area contributed by atoms with Crippen LogP contribution >= 0.6 is 0 Å². The van der Waals surface area contributed by atoms with Gasteiger partial charge in [-0.15, -0.1) is 0 Å². The highest BCUT2D eigenvalue weighted by atomic mass is 16.2. The average Bonchev–Trinajstić information content (AvgIpc) is 3.35. The molecular weight excluding hydrogens is 308 g/mol. The van der Waals surface area contributed by atoms with Crippen LogP contribution in [0.25, 0.3) is 0 Å². The smallest absolute Gasteiger partial charge is 0.243 e. The van der Waals surface area contributed by atoms with E-state index in [1.54, 1.807) is 0 Å². The summed E-state index contributed by atoms with van der Waals surface area (Å²) in [4.78, 5) is 35.2. The third-order valence-electron chi connectivity index (χ3n) is 4.04. The van der Waals surface area contributed by atoms with Gasteiger partial charge >= 0.3 is 0 Å². The molecule has 0 aromatic heterocycles. The lowest BCUT2D eigenvalue weighted by atomic mass is 10.1. The van der Waals surface area contributed by atoms with Crippen molar-refractivity contribution in [3.8, 4) is 0 Å². The summed E-state index contributed by atoms with van der Waals surface area (Å²) in [5.74, 6) is -0.693. The van der Waals surface area contributed by atoms with Crippen molar-refractivity contribution in [2.45, 2.75) is 32.1 Å². The first-order chi connectivity index (χ1) is 11.6. The molecule has 2 aliphatic rings. The Morgan fingerprint density at radius 3 is 2.54 bits per heavy atom. The molecule has 1 heterocycles. The quantitative estimate of drug-likeness (QED) is 0.789. The van der Waals surface area contributed by atoms with Crippen LogP contribution in [0.1, 0.15) is 37.7 Å². The van der Waals surface area contributed by atoms with Crippen molar-refractivity contribution in [3.05, 3.63) is 35.9 Å². The molecule has 2 N–H and O–H groups in total. The summed E-state index contributed by atoms with van der Waals surface area (Å²) in [6.07, 6.45) is 2.54. The number of rotatable bonds is 5. The molecule has 24 heavy (non-hydrogen) atoms. The zero-order valence-corrected chi connectivity index (χ0v) is 13.3. The van der Waals surface area contributed by atoms with Crippen LogP contribution in [0.15, 0.2) is 35.4 Å². The highest BCUT2D eigenvalue weighted by Crippen LogP contribution is 2.28. The van der Waals surface area contributed by atoms with E-state index in [-0.39, 0.29) is 36.5 Å². The summed E-state index contributed by atoms with van der Waals surface area (Å²) in [7, 11) is 0. The highest BCUT2D eigenvalue weighted by Gasteiger charge is 2.29. The maximum absolute atomic E-state index is 12.1. The number of hydrazone groups is 1. The van der Waals surface area contributed by atoms with Crippen molar-refractivity contribution in [3.63, 3.8) is 0 Å². The van der Waals surface area contributed by atoms with E-state index >= 15 is 0 Å². The standard InChI is InChI=1S/C17H20N4O3/c22-15(18-19-17(24)13-6-7-13)8-9-16(23)21-11-10-14(20-21)12-4-2-1-3-5-12/h1-5,13H,6-11H2,(H,18,22)(H,19,24). The van der Waals surface area contributed by atoms with E-state index in [4.69, 9.17) is 0 Å². The minimum Gasteiger partial charge on any atom is -0.273 e. The van der Waals surface area contributed by atoms with Gasteiger partial charge in [0.2, 0.25) is 17.7 Å². The van der Waals surface area contributed by atoms with Crippen molar-refractivity contribution in [1.82, 2.24) is 15.9 Å². The van der Waals surface area contributed by atoms with Gasteiger partial charge in [0.05, 0.1) is 12.3 Å². The summed E-state index contributed by atoms with van der Waals surface area (Å²) in [5, 5.41) is 5.76. The Morgan fingerprint density at radius 1 is 1.08 bits per heavy atom. The number of hydrogen-bond donors (Lipinski definition) is 2. The summed E-state index contributed by atoms with van der Waals surface area (Å²) in [6.45, 7) is 0.531. The molecule has 3 amide bonds. The van der Waals surface area contributed by atoms with Gasteiger partial charge in [-0.25, -0.2) is 5.01 Å². The number of amides is 3. The fraction of sp³-hybridized carbons (Fsp3) is 0.412. The van der Waals surface area contributed by atoms with Crippen molar-refractivity contribution >= 4 is 23.4 Å². The number of benzene rings is 1. The van der Waals surface area contributed by atoms with Crippen molar-refractivity contribution in [1.29, 1.82) is 0 Å². The van der Waals surface area contributed by atoms with Gasteiger partial charge in [0.25, 0.3) is 0 Å². The molecule has 1 aliphatic heterocycles. The van der Waals surface area contributed by atoms with Gasteiger partial charge in [-0.1, -0.05) is 30.3 Å². The van der Waals surface area contributed by atoms with Crippen molar-refractivity contribution < 1.29 is 14.4 Å². The third kappa shape index (κ3) is 4.18. The van der Waals surface area contributed by atoms with Crippen LogP contribution in [0.3, 0.4) is 0 Å². The molecule has 3 rings (SSSR count). The molecule has 0 bridgehead atoms. The highest BCUT2D eigenvalue weighted by molar-refractivity contribution is 6.02. The molecule has 0 saturated heterocycles. The molecule has 0 spiro atoms. The molecule has 1 fully saturated rings. The van der Waals surface area contributed by atoms with Crippen LogP contribution in [0.4, 0.5) is 0 Å². The first-order valence-electron chi connectivity index (χ1n) is 8.15. The van der Waals surface area contributed by atoms with Crippen LogP contribution in [0.5, 0.6) is 0 Å². The SMILES string of the molecule is O=C(CCC(=O)N1CCC(c2ccccc2)=N1)NNC(=O)C1CC1. The van der Waals surface area contributed by atoms with E-state index in [9.17, 15) is 14.4 Å². The molecule has 0 radical (unpaired) electrons. The number of hydrogen-bond acceptors (Lipinski definition) is 4. The van der Waals surface area contributed by atoms with Gasteiger partial charge in [0, 0.05) is 25.2 Å². The lowest BCUT2D eigenvalue weighted by Crippen LogP contribution is -2.42. The summed E-state index contributed by atoms with van der Waals surface area (Å²) >= 11 is 0. The van der Waals surface area contributed by atoms with Gasteiger partial charge in [-0.3, -0.25) is 25.2 Å². The normalized spacial score (nSPS) is 16.5. The number of nitrogens with zero attached hydrogens (tertiary/aromatic N) is 2. The van der Waals surface area contributed by atoms with Crippen LogP contribution < -0.4 is 10.9 Å². The molecule has 1 aromatic rings. The molecule has 0 atom stereocenters. The van der Waals surface area contributed by atoms with Crippen LogP contribution in [0.2, 0.25) is 0 Å². The van der Waals surface area contributed by atoms with E-state index in [1.165, 1.54) is 5.01 Å². The number of carbonyl (C=O) groups excluding carboxylic acids is 3. The molecule has 0 unspecified atom stereocenters. The van der Waals surface area contributed by atoms with Gasteiger partial charge in [-0.05, 0) is 18.4 Å². The second-order valence-electron chi connectivity index (χ2n) is 5.99. The lowest BCUT2D eigenvalue weighted by molar-refractivity contribution is -0.134. The molecule has 1 aliphatic carbocycles. The lowest BCUT2D eigenvalue weighted by Gasteiger charge is -2.11. The van der Waals surface area contributed by atoms with Gasteiger partial charge < -0.3 is 0 Å². The fourth-order valence-electron chi connectivity index (χ4n) is 2.46. The van der Waals surface area contributed by atoms with Crippen LogP contribution in [-0.2, 0) is 14.4 Å². The molecule has 1 saturated carbocycles. The van der Waals surface area contributed by atoms with E-state index in [2.05, 4.69) is 16.0 Å². The Hall–Kier alpha value is -2.70. The molecule has 1 aromatic carbocycles. The predicted octanol–water partition coefficient (Wildman–Crippen LogP) is 0.961. The summed E-state index contributed by atoms with van der Waals surface area (Å²) in [5.41, 5.74) is 6.60. The number of nitrogens with one attached hydrogen (secondary N) is 2. The van der Waals surface area contributed by atoms with Crippen molar-refractivity contribution in [2.75, 3.05) is 6.54 Å². The maximum atomic E-state index is 12.1. The second-order valence-corrected chi connectivity index (χ2v) is 5.99. The van der Waals surface area contributed by atoms with E-state index < -0.39 is 0 Å². The summed E-state index contributed by atoms with van der Waals surface area (Å²) < 4.78 is 0. The second kappa shape index (κ2) is 7.25. The van der Waals surface area contributed by atoms with E-state index in [0.29, 0.717) is 13.0 Å². The van der Waals surface area contributed by atoms with Crippen LogP contribution in [-0.4, -0.2) is 35.0 Å². The topological polar surface area (TPSA) is 90.9 Å². The Kier molecular flexibility index (Phi) is 4.88. The van der Waals surface area contributed by atoms with Gasteiger partial charge in [-0.2, -0.15) is 5.10 Å². The predicted molar refractivity (Wildman–Crippen MR) is 87.6 cm³/mol. The fourth-order valence-corrected chi connectivity index (χ4v) is 2.46. The average molecular weight is 328 g/mol. The minimum absolute atomic E-state index is 0.0243. The van der Waals surface area contributed by atoms with Gasteiger partial charge in [0.1, 0.15) is 0 Å². The minimum atomic E-state index is -0.371. The molecular formula is C17H20N4O3. The first-order valence-corrected chi connectivity index (χ1v) is 8.15. The third-order valence-corrected chi connectivity index (χ3v) is 4.04. The Morgan fingerprint density at radius 2 is 1.83 bits per heavy atom. The molecule has 126 valence electrons. The van der Waals surface area contributed by atoms with Crippen molar-refractivity contribution in [2.24, 2.45) is 11.0 Å². The summed E-state index contributed by atoms with van der Waals surface area (Å²) in [6, 6.07) is 9.72. The van der Waals surface area contributed by atoms with Crippen LogP contribution in [0, 0.1) is 5.92 Å². The number of hydrazine groups is 1. The number of carbonyl (C=O) groups is 3. The zero-order chi connectivity index (χ0) is 16.9. The zero-order valence-electron chi connectivity index (χ0n) is 13.3. The van der Waals surface area contributed by atoms with E-state index in [1.807, 2.05) is 30.3 Å². The molecule has 7 heteroatoms. The van der Waals surface area contributed by atoms with E-state index in [0.717, 1.165) is 24.1 Å². The Labute approximate surface area is 140 Å². The first kappa shape index (κ1) is 16.2. The Balaban J connectivity index is 1.43. The monoisotopic (exact) mass is 328 g/mol. The Bertz CT molecular complexity index is 668. The van der Waals surface area contributed by atoms with Gasteiger partial charge in [0.15, 0.2) is 0 Å². The maximum Gasteiger partial charge on any atom is 0.243 e.